The highest BCUT2D eigenvalue weighted by atomic mass is 19.4. The number of carbonyl (C=O) groups excluding carboxylic acids is 1. The van der Waals surface area contributed by atoms with Crippen LogP contribution in [0.25, 0.3) is 11.3 Å². The van der Waals surface area contributed by atoms with Crippen molar-refractivity contribution in [2.45, 2.75) is 31.5 Å². The first-order valence-electron chi connectivity index (χ1n) is 7.27. The number of nitrogens with zero attached hydrogens (tertiary/aromatic N) is 1. The molecule has 0 radical (unpaired) electrons. The quantitative estimate of drug-likeness (QED) is 0.778. The maximum absolute atomic E-state index is 12.6. The van der Waals surface area contributed by atoms with Crippen LogP contribution >= 0.6 is 0 Å². The fourth-order valence-corrected chi connectivity index (χ4v) is 2.31. The van der Waals surface area contributed by atoms with Crippen LogP contribution in [0.15, 0.2) is 36.5 Å². The van der Waals surface area contributed by atoms with Crippen LogP contribution in [0, 0.1) is 0 Å². The number of rotatable bonds is 4. The van der Waals surface area contributed by atoms with E-state index in [2.05, 4.69) is 4.98 Å². The van der Waals surface area contributed by atoms with Crippen molar-refractivity contribution >= 4 is 6.29 Å². The van der Waals surface area contributed by atoms with Crippen LogP contribution in [0.2, 0.25) is 0 Å². The van der Waals surface area contributed by atoms with E-state index in [0.717, 1.165) is 31.5 Å². The molecule has 0 aliphatic heterocycles. The Hall–Kier alpha value is -2.37. The minimum Gasteiger partial charge on any atom is -0.490 e. The normalized spacial score (nSPS) is 15.1. The van der Waals surface area contributed by atoms with Crippen LogP contribution in [0.5, 0.6) is 5.75 Å². The molecular weight excluding hydrogens is 307 g/mol. The maximum Gasteiger partial charge on any atom is 0.417 e. The first-order valence-corrected chi connectivity index (χ1v) is 7.27. The van der Waals surface area contributed by atoms with Crippen LogP contribution in [0.3, 0.4) is 0 Å². The molecule has 3 rings (SSSR count). The van der Waals surface area contributed by atoms with E-state index < -0.39 is 11.7 Å². The van der Waals surface area contributed by atoms with E-state index in [1.807, 2.05) is 0 Å². The molecule has 23 heavy (non-hydrogen) atoms. The Morgan fingerprint density at radius 3 is 2.48 bits per heavy atom. The number of hydrogen-bond acceptors (Lipinski definition) is 3. The monoisotopic (exact) mass is 321 g/mol. The molecule has 1 saturated carbocycles. The van der Waals surface area contributed by atoms with Crippen LogP contribution < -0.4 is 4.74 Å². The van der Waals surface area contributed by atoms with E-state index in [0.29, 0.717) is 28.9 Å². The standard InChI is InChI=1S/C17H14F3NO2/c18-17(19,20)13-5-6-15(21-9-13)11-4-7-16(12(8-11)10-22)23-14-2-1-3-14/h4-10,14H,1-3H2. The van der Waals surface area contributed by atoms with Gasteiger partial charge in [0.25, 0.3) is 0 Å². The van der Waals surface area contributed by atoms with Gasteiger partial charge in [-0.25, -0.2) is 0 Å². The Labute approximate surface area is 131 Å². The van der Waals surface area contributed by atoms with Crippen molar-refractivity contribution in [3.63, 3.8) is 0 Å². The minimum atomic E-state index is -4.42. The summed E-state index contributed by atoms with van der Waals surface area (Å²) in [5, 5.41) is 0. The van der Waals surface area contributed by atoms with Gasteiger partial charge >= 0.3 is 6.18 Å². The zero-order valence-corrected chi connectivity index (χ0v) is 12.1. The number of hydrogen-bond donors (Lipinski definition) is 0. The summed E-state index contributed by atoms with van der Waals surface area (Å²) in [4.78, 5) is 15.1. The van der Waals surface area contributed by atoms with Crippen LogP contribution in [-0.2, 0) is 6.18 Å². The van der Waals surface area contributed by atoms with Gasteiger partial charge in [0, 0.05) is 11.8 Å². The van der Waals surface area contributed by atoms with Gasteiger partial charge in [0.1, 0.15) is 5.75 Å². The zero-order valence-electron chi connectivity index (χ0n) is 12.1. The highest BCUT2D eigenvalue weighted by molar-refractivity contribution is 5.82. The smallest absolute Gasteiger partial charge is 0.417 e. The topological polar surface area (TPSA) is 39.2 Å². The maximum atomic E-state index is 12.6. The molecule has 0 amide bonds. The summed E-state index contributed by atoms with van der Waals surface area (Å²) >= 11 is 0. The summed E-state index contributed by atoms with van der Waals surface area (Å²) < 4.78 is 43.4. The number of carbonyl (C=O) groups is 1. The largest absolute Gasteiger partial charge is 0.490 e. The van der Waals surface area contributed by atoms with E-state index in [1.165, 1.54) is 6.07 Å². The molecule has 1 aromatic carbocycles. The summed E-state index contributed by atoms with van der Waals surface area (Å²) in [6.45, 7) is 0. The number of aromatic nitrogens is 1. The Morgan fingerprint density at radius 1 is 1.17 bits per heavy atom. The Morgan fingerprint density at radius 2 is 1.96 bits per heavy atom. The molecule has 120 valence electrons. The molecule has 6 heteroatoms. The number of aldehydes is 1. The van der Waals surface area contributed by atoms with Crippen molar-refractivity contribution in [2.24, 2.45) is 0 Å². The molecule has 0 saturated heterocycles. The number of alkyl halides is 3. The van der Waals surface area contributed by atoms with E-state index in [1.54, 1.807) is 18.2 Å². The molecule has 0 unspecified atom stereocenters. The van der Waals surface area contributed by atoms with Gasteiger partial charge in [-0.05, 0) is 49.6 Å². The molecule has 1 aliphatic rings. The van der Waals surface area contributed by atoms with Gasteiger partial charge < -0.3 is 4.74 Å². The number of benzene rings is 1. The van der Waals surface area contributed by atoms with E-state index >= 15 is 0 Å². The molecule has 1 aromatic heterocycles. The Kier molecular flexibility index (Phi) is 4.07. The molecule has 3 nitrogen and oxygen atoms in total. The number of pyridine rings is 1. The third-order valence-electron chi connectivity index (χ3n) is 3.87. The predicted molar refractivity (Wildman–Crippen MR) is 78.3 cm³/mol. The van der Waals surface area contributed by atoms with Crippen molar-refractivity contribution < 1.29 is 22.7 Å². The molecule has 0 bridgehead atoms. The van der Waals surface area contributed by atoms with Crippen molar-refractivity contribution in [1.29, 1.82) is 0 Å². The second-order valence-electron chi connectivity index (χ2n) is 5.47. The van der Waals surface area contributed by atoms with Gasteiger partial charge in [-0.15, -0.1) is 0 Å². The lowest BCUT2D eigenvalue weighted by molar-refractivity contribution is -0.137. The number of ether oxygens (including phenoxy) is 1. The van der Waals surface area contributed by atoms with Gasteiger partial charge in [0.05, 0.1) is 22.9 Å². The average Bonchev–Trinajstić information content (AvgIpc) is 2.50. The zero-order chi connectivity index (χ0) is 16.4. The first-order chi connectivity index (χ1) is 11.0. The summed E-state index contributed by atoms with van der Waals surface area (Å²) in [5.41, 5.74) is 0.510. The first kappa shape index (κ1) is 15.5. The SMILES string of the molecule is O=Cc1cc(-c2ccc(C(F)(F)F)cn2)ccc1OC1CCC1. The fraction of sp³-hybridized carbons (Fsp3) is 0.294. The van der Waals surface area contributed by atoms with Crippen molar-refractivity contribution in [3.05, 3.63) is 47.7 Å². The highest BCUT2D eigenvalue weighted by Gasteiger charge is 2.30. The van der Waals surface area contributed by atoms with Gasteiger partial charge in [0.15, 0.2) is 6.29 Å². The van der Waals surface area contributed by atoms with Crippen molar-refractivity contribution in [2.75, 3.05) is 0 Å². The molecular formula is C17H14F3NO2. The second kappa shape index (κ2) is 6.02. The Bertz CT molecular complexity index is 707. The summed E-state index contributed by atoms with van der Waals surface area (Å²) in [7, 11) is 0. The molecule has 0 N–H and O–H groups in total. The molecule has 1 aliphatic carbocycles. The van der Waals surface area contributed by atoms with Crippen LogP contribution in [0.4, 0.5) is 13.2 Å². The van der Waals surface area contributed by atoms with E-state index in [9.17, 15) is 18.0 Å². The van der Waals surface area contributed by atoms with Gasteiger partial charge in [-0.2, -0.15) is 13.2 Å². The van der Waals surface area contributed by atoms with Gasteiger partial charge in [-0.1, -0.05) is 0 Å². The average molecular weight is 321 g/mol. The fourth-order valence-electron chi connectivity index (χ4n) is 2.31. The third-order valence-corrected chi connectivity index (χ3v) is 3.87. The summed E-state index contributed by atoms with van der Waals surface area (Å²) in [6, 6.07) is 7.20. The lowest BCUT2D eigenvalue weighted by atomic mass is 9.96. The van der Waals surface area contributed by atoms with Crippen LogP contribution in [0.1, 0.15) is 35.2 Å². The van der Waals surface area contributed by atoms with Gasteiger partial charge in [0.2, 0.25) is 0 Å². The minimum absolute atomic E-state index is 0.142. The molecule has 2 aromatic rings. The lowest BCUT2D eigenvalue weighted by Crippen LogP contribution is -2.25. The second-order valence-corrected chi connectivity index (χ2v) is 5.47. The third kappa shape index (κ3) is 3.36. The highest BCUT2D eigenvalue weighted by Crippen LogP contribution is 2.32. The summed E-state index contributed by atoms with van der Waals surface area (Å²) in [6.07, 6.45) is 0.259. The summed E-state index contributed by atoms with van der Waals surface area (Å²) in [5.74, 6) is 0.500. The predicted octanol–water partition coefficient (Wildman–Crippen LogP) is 4.51. The van der Waals surface area contributed by atoms with Crippen molar-refractivity contribution in [3.8, 4) is 17.0 Å². The van der Waals surface area contributed by atoms with Crippen molar-refractivity contribution in [1.82, 2.24) is 4.98 Å². The molecule has 0 atom stereocenters. The van der Waals surface area contributed by atoms with E-state index in [4.69, 9.17) is 4.74 Å². The molecule has 1 heterocycles. The van der Waals surface area contributed by atoms with Gasteiger partial charge in [-0.3, -0.25) is 9.78 Å². The Balaban J connectivity index is 1.86. The van der Waals surface area contributed by atoms with E-state index in [-0.39, 0.29) is 6.10 Å². The lowest BCUT2D eigenvalue weighted by Gasteiger charge is -2.27. The van der Waals surface area contributed by atoms with Crippen LogP contribution in [-0.4, -0.2) is 17.4 Å². The molecule has 0 spiro atoms. The number of halogens is 3. The molecule has 1 fully saturated rings.